The van der Waals surface area contributed by atoms with Crippen LogP contribution in [0.1, 0.15) is 10.4 Å². The third-order valence-corrected chi connectivity index (χ3v) is 2.85. The molecule has 0 radical (unpaired) electrons. The molecule has 0 aliphatic rings. The number of nitrogens with zero attached hydrogens (tertiary/aromatic N) is 1. The molecule has 0 atom stereocenters. The molecule has 1 aromatic heterocycles. The van der Waals surface area contributed by atoms with Crippen molar-refractivity contribution >= 4 is 23.4 Å². The van der Waals surface area contributed by atoms with Crippen molar-refractivity contribution in [3.05, 3.63) is 36.0 Å². The van der Waals surface area contributed by atoms with Gasteiger partial charge >= 0.3 is 5.97 Å². The molecule has 0 aliphatic heterocycles. The highest BCUT2D eigenvalue weighted by Gasteiger charge is 2.15. The molecule has 1 aromatic carbocycles. The molecule has 88 valence electrons. The highest BCUT2D eigenvalue weighted by molar-refractivity contribution is 7.99. The molecule has 5 nitrogen and oxygen atoms in total. The van der Waals surface area contributed by atoms with Gasteiger partial charge in [0.1, 0.15) is 12.1 Å². The van der Waals surface area contributed by atoms with Gasteiger partial charge in [-0.15, -0.1) is 0 Å². The highest BCUT2D eigenvalue weighted by Crippen LogP contribution is 2.31. The number of anilines is 1. The number of hydrogen-bond acceptors (Lipinski definition) is 5. The van der Waals surface area contributed by atoms with E-state index in [1.165, 1.54) is 12.5 Å². The molecule has 0 saturated carbocycles. The minimum Gasteiger partial charge on any atom is -0.478 e. The predicted molar refractivity (Wildman–Crippen MR) is 58.4 cm³/mol. The van der Waals surface area contributed by atoms with Crippen molar-refractivity contribution in [1.29, 1.82) is 0 Å². The molecule has 0 fully saturated rings. The van der Waals surface area contributed by atoms with Gasteiger partial charge in [-0.1, -0.05) is 0 Å². The summed E-state index contributed by atoms with van der Waals surface area (Å²) in [6, 6.07) is 2.12. The molecule has 0 spiro atoms. The first-order valence-electron chi connectivity index (χ1n) is 4.47. The SMILES string of the molecule is Nc1cc(F)c(Sc2ncco2)cc1C(=O)O. The lowest BCUT2D eigenvalue weighted by atomic mass is 10.2. The van der Waals surface area contributed by atoms with Crippen LogP contribution in [0.25, 0.3) is 0 Å². The summed E-state index contributed by atoms with van der Waals surface area (Å²) in [5.74, 6) is -1.83. The van der Waals surface area contributed by atoms with Gasteiger partial charge in [-0.2, -0.15) is 0 Å². The Hall–Kier alpha value is -2.02. The van der Waals surface area contributed by atoms with Crippen LogP contribution in [0, 0.1) is 5.82 Å². The summed E-state index contributed by atoms with van der Waals surface area (Å²) < 4.78 is 18.5. The number of nitrogens with two attached hydrogens (primary N) is 1. The van der Waals surface area contributed by atoms with Gasteiger partial charge in [0, 0.05) is 5.69 Å². The number of carboxylic acid groups (broad SMARTS) is 1. The van der Waals surface area contributed by atoms with Gasteiger partial charge in [-0.25, -0.2) is 14.2 Å². The lowest BCUT2D eigenvalue weighted by molar-refractivity contribution is 0.0697. The van der Waals surface area contributed by atoms with Crippen LogP contribution in [0.15, 0.2) is 39.1 Å². The van der Waals surface area contributed by atoms with Gasteiger partial charge < -0.3 is 15.3 Å². The Kier molecular flexibility index (Phi) is 3.01. The van der Waals surface area contributed by atoms with Gasteiger partial charge in [0.2, 0.25) is 0 Å². The molecule has 0 aliphatic carbocycles. The Morgan fingerprint density at radius 2 is 2.29 bits per heavy atom. The van der Waals surface area contributed by atoms with E-state index in [1.807, 2.05) is 0 Å². The normalized spacial score (nSPS) is 10.4. The topological polar surface area (TPSA) is 89.4 Å². The van der Waals surface area contributed by atoms with Crippen molar-refractivity contribution in [2.24, 2.45) is 0 Å². The number of aromatic carboxylic acids is 1. The Morgan fingerprint density at radius 3 is 2.88 bits per heavy atom. The number of halogens is 1. The monoisotopic (exact) mass is 254 g/mol. The quantitative estimate of drug-likeness (QED) is 0.816. The van der Waals surface area contributed by atoms with Crippen molar-refractivity contribution in [2.75, 3.05) is 5.73 Å². The number of carboxylic acids is 1. The number of rotatable bonds is 3. The van der Waals surface area contributed by atoms with Crippen LogP contribution in [-0.2, 0) is 0 Å². The second-order valence-corrected chi connectivity index (χ2v) is 4.07. The predicted octanol–water partition coefficient (Wildman–Crippen LogP) is 2.25. The van der Waals surface area contributed by atoms with Crippen molar-refractivity contribution in [3.63, 3.8) is 0 Å². The standard InChI is InChI=1S/C10H7FN2O3S/c11-6-4-7(12)5(9(14)15)3-8(6)17-10-13-1-2-16-10/h1-4H,12H2,(H,14,15). The van der Waals surface area contributed by atoms with Gasteiger partial charge in [-0.05, 0) is 23.9 Å². The summed E-state index contributed by atoms with van der Waals surface area (Å²) in [6.07, 6.45) is 2.76. The average Bonchev–Trinajstić information content (AvgIpc) is 2.74. The average molecular weight is 254 g/mol. The lowest BCUT2D eigenvalue weighted by Gasteiger charge is -2.05. The van der Waals surface area contributed by atoms with Crippen LogP contribution in [-0.4, -0.2) is 16.1 Å². The second-order valence-electron chi connectivity index (χ2n) is 3.08. The maximum atomic E-state index is 13.5. The number of carbonyl (C=O) groups is 1. The van der Waals surface area contributed by atoms with E-state index in [2.05, 4.69) is 4.98 Å². The Balaban J connectivity index is 2.40. The largest absolute Gasteiger partial charge is 0.478 e. The molecule has 0 amide bonds. The molecule has 0 bridgehead atoms. The van der Waals surface area contributed by atoms with Gasteiger partial charge in [-0.3, -0.25) is 0 Å². The smallest absolute Gasteiger partial charge is 0.337 e. The molecule has 0 unspecified atom stereocenters. The van der Waals surface area contributed by atoms with E-state index in [4.69, 9.17) is 15.3 Å². The second kappa shape index (κ2) is 4.46. The summed E-state index contributed by atoms with van der Waals surface area (Å²) in [7, 11) is 0. The van der Waals surface area contributed by atoms with Gasteiger partial charge in [0.25, 0.3) is 5.22 Å². The zero-order chi connectivity index (χ0) is 12.4. The van der Waals surface area contributed by atoms with Crippen LogP contribution in [0.4, 0.5) is 10.1 Å². The molecule has 2 aromatic rings. The lowest BCUT2D eigenvalue weighted by Crippen LogP contribution is -2.03. The van der Waals surface area contributed by atoms with Crippen molar-refractivity contribution in [2.45, 2.75) is 10.1 Å². The van der Waals surface area contributed by atoms with Crippen molar-refractivity contribution < 1.29 is 18.7 Å². The third kappa shape index (κ3) is 2.39. The number of nitrogen functional groups attached to an aromatic ring is 1. The summed E-state index contributed by atoms with van der Waals surface area (Å²) in [5, 5.41) is 9.08. The maximum absolute atomic E-state index is 13.5. The fraction of sp³-hybridized carbons (Fsp3) is 0. The first-order valence-corrected chi connectivity index (χ1v) is 5.29. The van der Waals surface area contributed by atoms with Crippen LogP contribution in [0.2, 0.25) is 0 Å². The summed E-state index contributed by atoms with van der Waals surface area (Å²) in [4.78, 5) is 14.7. The van der Waals surface area contributed by atoms with E-state index in [0.29, 0.717) is 0 Å². The minimum absolute atomic E-state index is 0.0963. The number of oxazole rings is 1. The molecule has 1 heterocycles. The fourth-order valence-corrected chi connectivity index (χ4v) is 1.93. The number of aromatic nitrogens is 1. The Labute approximate surface area is 99.5 Å². The summed E-state index contributed by atoms with van der Waals surface area (Å²) >= 11 is 0.889. The van der Waals surface area contributed by atoms with Gasteiger partial charge in [0.05, 0.1) is 16.7 Å². The number of hydrogen-bond donors (Lipinski definition) is 2. The van der Waals surface area contributed by atoms with E-state index < -0.39 is 11.8 Å². The van der Waals surface area contributed by atoms with Crippen LogP contribution in [0.5, 0.6) is 0 Å². The first-order chi connectivity index (χ1) is 8.08. The molecule has 3 N–H and O–H groups in total. The van der Waals surface area contributed by atoms with E-state index in [9.17, 15) is 9.18 Å². The van der Waals surface area contributed by atoms with Crippen molar-refractivity contribution in [1.82, 2.24) is 4.98 Å². The minimum atomic E-state index is -1.21. The Morgan fingerprint density at radius 1 is 1.53 bits per heavy atom. The summed E-state index contributed by atoms with van der Waals surface area (Å²) in [6.45, 7) is 0. The van der Waals surface area contributed by atoms with E-state index >= 15 is 0 Å². The Bertz CT molecular complexity index is 557. The van der Waals surface area contributed by atoms with Crippen LogP contribution < -0.4 is 5.73 Å². The maximum Gasteiger partial charge on any atom is 0.337 e. The molecular formula is C10H7FN2O3S. The zero-order valence-electron chi connectivity index (χ0n) is 8.38. The first kappa shape index (κ1) is 11.5. The van der Waals surface area contributed by atoms with E-state index in [1.54, 1.807) is 0 Å². The molecule has 7 heteroatoms. The molecule has 2 rings (SSSR count). The van der Waals surface area contributed by atoms with Crippen LogP contribution >= 0.6 is 11.8 Å². The highest BCUT2D eigenvalue weighted by atomic mass is 32.2. The fourth-order valence-electron chi connectivity index (χ4n) is 1.19. The molecular weight excluding hydrogens is 247 g/mol. The van der Waals surface area contributed by atoms with E-state index in [-0.39, 0.29) is 21.4 Å². The van der Waals surface area contributed by atoms with Crippen molar-refractivity contribution in [3.8, 4) is 0 Å². The molecule has 17 heavy (non-hydrogen) atoms. The van der Waals surface area contributed by atoms with Crippen LogP contribution in [0.3, 0.4) is 0 Å². The zero-order valence-corrected chi connectivity index (χ0v) is 9.20. The summed E-state index contributed by atoms with van der Waals surface area (Å²) in [5.41, 5.74) is 5.12. The van der Waals surface area contributed by atoms with E-state index in [0.717, 1.165) is 23.9 Å². The third-order valence-electron chi connectivity index (χ3n) is 1.94. The van der Waals surface area contributed by atoms with Gasteiger partial charge in [0.15, 0.2) is 0 Å². The number of benzene rings is 1. The molecule has 0 saturated heterocycles.